The summed E-state index contributed by atoms with van der Waals surface area (Å²) in [5, 5.41) is 3.74. The average Bonchev–Trinajstić information content (AvgIpc) is 2.36. The van der Waals surface area contributed by atoms with Crippen LogP contribution in [0.2, 0.25) is 5.02 Å². The first kappa shape index (κ1) is 14.9. The van der Waals surface area contributed by atoms with Crippen molar-refractivity contribution < 1.29 is 8.78 Å². The molecule has 0 aromatic heterocycles. The van der Waals surface area contributed by atoms with E-state index >= 15 is 0 Å². The number of hydrogen-bond donors (Lipinski definition) is 1. The van der Waals surface area contributed by atoms with Crippen LogP contribution in [-0.2, 0) is 6.42 Å². The maximum absolute atomic E-state index is 13.3. The number of rotatable bonds is 4. The molecule has 1 N–H and O–H groups in total. The molecule has 106 valence electrons. The Kier molecular flexibility index (Phi) is 4.73. The second kappa shape index (κ2) is 6.33. The van der Waals surface area contributed by atoms with Gasteiger partial charge in [-0.3, -0.25) is 0 Å². The van der Waals surface area contributed by atoms with Crippen molar-refractivity contribution in [3.63, 3.8) is 0 Å². The zero-order chi connectivity index (χ0) is 14.7. The monoisotopic (exact) mass is 295 g/mol. The first-order valence-electron chi connectivity index (χ1n) is 6.38. The van der Waals surface area contributed by atoms with Crippen LogP contribution in [0.15, 0.2) is 36.4 Å². The Balaban J connectivity index is 2.28. The molecule has 0 aliphatic rings. The van der Waals surface area contributed by atoms with Crippen molar-refractivity contribution in [1.82, 2.24) is 5.32 Å². The third-order valence-electron chi connectivity index (χ3n) is 3.27. The first-order valence-corrected chi connectivity index (χ1v) is 6.75. The standard InChI is InChI=1S/C16H16ClF2N/c1-10-3-4-11(15(17)5-10)8-16(20-2)12-6-13(18)9-14(19)7-12/h3-7,9,16,20H,8H2,1-2H3. The fraction of sp³-hybridized carbons (Fsp3) is 0.250. The van der Waals surface area contributed by atoms with Crippen molar-refractivity contribution in [2.24, 2.45) is 0 Å². The van der Waals surface area contributed by atoms with Crippen molar-refractivity contribution in [2.75, 3.05) is 7.05 Å². The third-order valence-corrected chi connectivity index (χ3v) is 3.62. The summed E-state index contributed by atoms with van der Waals surface area (Å²) < 4.78 is 26.6. The van der Waals surface area contributed by atoms with Gasteiger partial charge in [0.15, 0.2) is 0 Å². The number of benzene rings is 2. The second-order valence-electron chi connectivity index (χ2n) is 4.84. The second-order valence-corrected chi connectivity index (χ2v) is 5.25. The van der Waals surface area contributed by atoms with Gasteiger partial charge in [-0.2, -0.15) is 0 Å². The summed E-state index contributed by atoms with van der Waals surface area (Å²) in [6.07, 6.45) is 0.568. The Hall–Kier alpha value is -1.45. The third kappa shape index (κ3) is 3.56. The van der Waals surface area contributed by atoms with Crippen LogP contribution in [0.4, 0.5) is 8.78 Å². The van der Waals surface area contributed by atoms with Gasteiger partial charge in [-0.05, 0) is 55.3 Å². The molecule has 0 aliphatic heterocycles. The van der Waals surface area contributed by atoms with Crippen LogP contribution in [0.3, 0.4) is 0 Å². The van der Waals surface area contributed by atoms with Gasteiger partial charge in [-0.25, -0.2) is 8.78 Å². The van der Waals surface area contributed by atoms with E-state index in [0.717, 1.165) is 17.2 Å². The van der Waals surface area contributed by atoms with Gasteiger partial charge in [0.2, 0.25) is 0 Å². The summed E-state index contributed by atoms with van der Waals surface area (Å²) in [5.41, 5.74) is 2.60. The van der Waals surface area contributed by atoms with Gasteiger partial charge in [0.1, 0.15) is 11.6 Å². The molecule has 0 amide bonds. The van der Waals surface area contributed by atoms with E-state index in [-0.39, 0.29) is 6.04 Å². The van der Waals surface area contributed by atoms with Crippen LogP contribution in [0, 0.1) is 18.6 Å². The van der Waals surface area contributed by atoms with E-state index in [1.165, 1.54) is 12.1 Å². The lowest BCUT2D eigenvalue weighted by molar-refractivity contribution is 0.551. The van der Waals surface area contributed by atoms with Crippen LogP contribution in [0.5, 0.6) is 0 Å². The fourth-order valence-corrected chi connectivity index (χ4v) is 2.51. The minimum atomic E-state index is -0.574. The molecule has 0 radical (unpaired) electrons. The summed E-state index contributed by atoms with van der Waals surface area (Å²) in [4.78, 5) is 0. The Morgan fingerprint density at radius 2 is 1.75 bits per heavy atom. The van der Waals surface area contributed by atoms with E-state index in [0.29, 0.717) is 17.0 Å². The van der Waals surface area contributed by atoms with E-state index in [4.69, 9.17) is 11.6 Å². The van der Waals surface area contributed by atoms with E-state index in [1.807, 2.05) is 25.1 Å². The SMILES string of the molecule is CNC(Cc1ccc(C)cc1Cl)c1cc(F)cc(F)c1. The zero-order valence-electron chi connectivity index (χ0n) is 11.4. The topological polar surface area (TPSA) is 12.0 Å². The number of likely N-dealkylation sites (N-methyl/N-ethyl adjacent to an activating group) is 1. The highest BCUT2D eigenvalue weighted by atomic mass is 35.5. The minimum Gasteiger partial charge on any atom is -0.313 e. The summed E-state index contributed by atoms with van der Waals surface area (Å²) in [7, 11) is 1.76. The molecule has 0 saturated carbocycles. The molecule has 0 spiro atoms. The van der Waals surface area contributed by atoms with E-state index < -0.39 is 11.6 Å². The Labute approximate surface area is 122 Å². The molecular formula is C16H16ClF2N. The minimum absolute atomic E-state index is 0.194. The van der Waals surface area contributed by atoms with Crippen LogP contribution in [0.25, 0.3) is 0 Å². The summed E-state index contributed by atoms with van der Waals surface area (Å²) in [6.45, 7) is 1.97. The quantitative estimate of drug-likeness (QED) is 0.880. The van der Waals surface area contributed by atoms with Crippen molar-refractivity contribution >= 4 is 11.6 Å². The van der Waals surface area contributed by atoms with Crippen molar-refractivity contribution in [3.8, 4) is 0 Å². The van der Waals surface area contributed by atoms with Gasteiger partial charge in [-0.1, -0.05) is 23.7 Å². The number of nitrogens with one attached hydrogen (secondary N) is 1. The molecule has 1 unspecified atom stereocenters. The smallest absolute Gasteiger partial charge is 0.126 e. The molecule has 4 heteroatoms. The first-order chi connectivity index (χ1) is 9.49. The highest BCUT2D eigenvalue weighted by Crippen LogP contribution is 2.25. The van der Waals surface area contributed by atoms with Crippen molar-refractivity contribution in [3.05, 3.63) is 69.7 Å². The van der Waals surface area contributed by atoms with Crippen LogP contribution in [-0.4, -0.2) is 7.05 Å². The fourth-order valence-electron chi connectivity index (χ4n) is 2.20. The average molecular weight is 296 g/mol. The number of halogens is 3. The van der Waals surface area contributed by atoms with Crippen molar-refractivity contribution in [2.45, 2.75) is 19.4 Å². The molecule has 20 heavy (non-hydrogen) atoms. The number of aryl methyl sites for hydroxylation is 1. The summed E-state index contributed by atoms with van der Waals surface area (Å²) >= 11 is 6.20. The maximum atomic E-state index is 13.3. The predicted molar refractivity (Wildman–Crippen MR) is 78.1 cm³/mol. The lowest BCUT2D eigenvalue weighted by atomic mass is 9.98. The highest BCUT2D eigenvalue weighted by molar-refractivity contribution is 6.31. The summed E-state index contributed by atoms with van der Waals surface area (Å²) in [5.74, 6) is -1.15. The highest BCUT2D eigenvalue weighted by Gasteiger charge is 2.14. The molecule has 0 bridgehead atoms. The molecule has 0 saturated heterocycles. The van der Waals surface area contributed by atoms with Crippen LogP contribution in [0.1, 0.15) is 22.7 Å². The van der Waals surface area contributed by atoms with Gasteiger partial charge in [0.25, 0.3) is 0 Å². The molecule has 0 aliphatic carbocycles. The molecule has 1 nitrogen and oxygen atoms in total. The largest absolute Gasteiger partial charge is 0.313 e. The molecule has 2 rings (SSSR count). The van der Waals surface area contributed by atoms with E-state index in [1.54, 1.807) is 7.05 Å². The summed E-state index contributed by atoms with van der Waals surface area (Å²) in [6, 6.07) is 9.15. The number of hydrogen-bond acceptors (Lipinski definition) is 1. The Bertz CT molecular complexity index is 593. The van der Waals surface area contributed by atoms with E-state index in [2.05, 4.69) is 5.32 Å². The maximum Gasteiger partial charge on any atom is 0.126 e. The van der Waals surface area contributed by atoms with Gasteiger partial charge < -0.3 is 5.32 Å². The van der Waals surface area contributed by atoms with Gasteiger partial charge in [0.05, 0.1) is 0 Å². The Morgan fingerprint density at radius 3 is 2.30 bits per heavy atom. The normalized spacial score (nSPS) is 12.4. The zero-order valence-corrected chi connectivity index (χ0v) is 12.1. The lowest BCUT2D eigenvalue weighted by Crippen LogP contribution is -2.19. The molecule has 0 heterocycles. The van der Waals surface area contributed by atoms with Gasteiger partial charge >= 0.3 is 0 Å². The molecule has 0 fully saturated rings. The molecule has 2 aromatic carbocycles. The van der Waals surface area contributed by atoms with E-state index in [9.17, 15) is 8.78 Å². The van der Waals surface area contributed by atoms with Crippen LogP contribution >= 0.6 is 11.6 Å². The van der Waals surface area contributed by atoms with Crippen molar-refractivity contribution in [1.29, 1.82) is 0 Å². The van der Waals surface area contributed by atoms with Gasteiger partial charge in [-0.15, -0.1) is 0 Å². The lowest BCUT2D eigenvalue weighted by Gasteiger charge is -2.18. The van der Waals surface area contributed by atoms with Crippen LogP contribution < -0.4 is 5.32 Å². The molecule has 1 atom stereocenters. The Morgan fingerprint density at radius 1 is 1.10 bits per heavy atom. The molecular weight excluding hydrogens is 280 g/mol. The predicted octanol–water partition coefficient (Wildman–Crippen LogP) is 4.43. The van der Waals surface area contributed by atoms with Gasteiger partial charge in [0, 0.05) is 17.1 Å². The molecule has 2 aromatic rings.